The first-order valence-electron chi connectivity index (χ1n) is 13.7. The van der Waals surface area contributed by atoms with Crippen LogP contribution in [0.4, 0.5) is 10.1 Å². The average Bonchev–Trinajstić information content (AvgIpc) is 2.97. The van der Waals surface area contributed by atoms with Gasteiger partial charge >= 0.3 is 0 Å². The number of nitrogens with zero attached hydrogens (tertiary/aromatic N) is 2. The van der Waals surface area contributed by atoms with Crippen molar-refractivity contribution in [2.75, 3.05) is 24.0 Å². The van der Waals surface area contributed by atoms with Crippen LogP contribution in [0.5, 0.6) is 5.75 Å². The zero-order valence-electron chi connectivity index (χ0n) is 23.9. The summed E-state index contributed by atoms with van der Waals surface area (Å²) >= 11 is 0. The number of carbonyl (C=O) groups is 2. The zero-order valence-corrected chi connectivity index (χ0v) is 24.7. The summed E-state index contributed by atoms with van der Waals surface area (Å²) in [7, 11) is -4.26. The zero-order chi connectivity index (χ0) is 30.0. The monoisotopic (exact) mass is 583 g/mol. The Morgan fingerprint density at radius 2 is 1.56 bits per heavy atom. The molecule has 0 heterocycles. The number of rotatable bonds is 14. The minimum atomic E-state index is -4.26. The second kappa shape index (κ2) is 14.6. The summed E-state index contributed by atoms with van der Waals surface area (Å²) in [5, 5.41) is 2.91. The minimum Gasteiger partial charge on any atom is -0.494 e. The first kappa shape index (κ1) is 31.6. The van der Waals surface area contributed by atoms with Crippen LogP contribution in [0.2, 0.25) is 0 Å². The van der Waals surface area contributed by atoms with Crippen LogP contribution in [0.1, 0.15) is 39.7 Å². The molecule has 0 unspecified atom stereocenters. The van der Waals surface area contributed by atoms with E-state index in [1.165, 1.54) is 41.3 Å². The molecule has 8 nitrogen and oxygen atoms in total. The van der Waals surface area contributed by atoms with E-state index in [0.717, 1.165) is 28.4 Å². The highest BCUT2D eigenvalue weighted by Crippen LogP contribution is 2.26. The summed E-state index contributed by atoms with van der Waals surface area (Å²) in [4.78, 5) is 28.3. The maximum atomic E-state index is 13.9. The third-order valence-corrected chi connectivity index (χ3v) is 8.56. The molecule has 0 saturated carbocycles. The molecule has 0 fully saturated rings. The molecule has 0 spiro atoms. The van der Waals surface area contributed by atoms with E-state index in [0.29, 0.717) is 18.8 Å². The van der Waals surface area contributed by atoms with Crippen LogP contribution in [0.15, 0.2) is 83.8 Å². The van der Waals surface area contributed by atoms with Gasteiger partial charge in [-0.3, -0.25) is 13.9 Å². The number of amides is 2. The van der Waals surface area contributed by atoms with Gasteiger partial charge < -0.3 is 15.0 Å². The number of halogens is 1. The van der Waals surface area contributed by atoms with Crippen LogP contribution >= 0.6 is 0 Å². The molecule has 0 aliphatic carbocycles. The highest BCUT2D eigenvalue weighted by Gasteiger charge is 2.32. The lowest BCUT2D eigenvalue weighted by Gasteiger charge is -2.32. The molecule has 0 aliphatic rings. The van der Waals surface area contributed by atoms with Gasteiger partial charge in [0.1, 0.15) is 24.2 Å². The van der Waals surface area contributed by atoms with Crippen LogP contribution in [0.3, 0.4) is 0 Å². The van der Waals surface area contributed by atoms with Gasteiger partial charge in [0.15, 0.2) is 0 Å². The lowest BCUT2D eigenvalue weighted by Crippen LogP contribution is -2.53. The summed E-state index contributed by atoms with van der Waals surface area (Å²) < 4.78 is 47.8. The van der Waals surface area contributed by atoms with Crippen LogP contribution in [0, 0.1) is 5.82 Å². The molecule has 3 rings (SSSR count). The van der Waals surface area contributed by atoms with Crippen molar-refractivity contribution in [3.63, 3.8) is 0 Å². The molecule has 2 atom stereocenters. The van der Waals surface area contributed by atoms with Gasteiger partial charge in [-0.05, 0) is 87.7 Å². The Labute approximate surface area is 242 Å². The molecular formula is C31H38FN3O5S. The van der Waals surface area contributed by atoms with Gasteiger partial charge in [0.25, 0.3) is 10.0 Å². The van der Waals surface area contributed by atoms with E-state index in [2.05, 4.69) is 5.32 Å². The van der Waals surface area contributed by atoms with Crippen molar-refractivity contribution >= 4 is 27.5 Å². The number of benzene rings is 3. The summed E-state index contributed by atoms with van der Waals surface area (Å²) in [6, 6.07) is 19.3. The predicted molar refractivity (Wildman–Crippen MR) is 158 cm³/mol. The topological polar surface area (TPSA) is 96.0 Å². The van der Waals surface area contributed by atoms with Crippen molar-refractivity contribution in [3.05, 3.63) is 90.2 Å². The largest absolute Gasteiger partial charge is 0.494 e. The molecule has 1 N–H and O–H groups in total. The molecule has 0 bridgehead atoms. The summed E-state index contributed by atoms with van der Waals surface area (Å²) in [6.07, 6.45) is 1.19. The molecule has 0 saturated heterocycles. The van der Waals surface area contributed by atoms with Crippen LogP contribution in [0.25, 0.3) is 0 Å². The number of sulfonamides is 1. The highest BCUT2D eigenvalue weighted by atomic mass is 32.2. The number of nitrogens with one attached hydrogen (secondary N) is 1. The van der Waals surface area contributed by atoms with E-state index in [4.69, 9.17) is 4.74 Å². The van der Waals surface area contributed by atoms with Gasteiger partial charge in [-0.25, -0.2) is 12.8 Å². The van der Waals surface area contributed by atoms with E-state index in [9.17, 15) is 22.4 Å². The number of ether oxygens (including phenoxy) is 1. The first-order valence-corrected chi connectivity index (χ1v) is 15.2. The van der Waals surface area contributed by atoms with Crippen LogP contribution in [-0.2, 0) is 26.0 Å². The number of anilines is 1. The fourth-order valence-corrected chi connectivity index (χ4v) is 5.59. The van der Waals surface area contributed by atoms with E-state index in [1.807, 2.05) is 51.1 Å². The van der Waals surface area contributed by atoms with Crippen molar-refractivity contribution in [1.29, 1.82) is 0 Å². The molecule has 3 aromatic rings. The Kier molecular flexibility index (Phi) is 11.3. The lowest BCUT2D eigenvalue weighted by molar-refractivity contribution is -0.139. The van der Waals surface area contributed by atoms with Gasteiger partial charge in [0.05, 0.1) is 17.2 Å². The predicted octanol–water partition coefficient (Wildman–Crippen LogP) is 4.79. The summed E-state index contributed by atoms with van der Waals surface area (Å²) in [6.45, 7) is 7.30. The second-order valence-electron chi connectivity index (χ2n) is 9.71. The Balaban J connectivity index is 1.96. The maximum absolute atomic E-state index is 13.9. The van der Waals surface area contributed by atoms with Gasteiger partial charge in [-0.15, -0.1) is 0 Å². The van der Waals surface area contributed by atoms with Crippen molar-refractivity contribution in [1.82, 2.24) is 10.2 Å². The maximum Gasteiger partial charge on any atom is 0.264 e. The van der Waals surface area contributed by atoms with Crippen molar-refractivity contribution in [2.24, 2.45) is 0 Å². The molecule has 0 aromatic heterocycles. The van der Waals surface area contributed by atoms with Gasteiger partial charge in [0, 0.05) is 12.6 Å². The van der Waals surface area contributed by atoms with E-state index in [-0.39, 0.29) is 29.1 Å². The fourth-order valence-electron chi connectivity index (χ4n) is 4.17. The van der Waals surface area contributed by atoms with Gasteiger partial charge in [0.2, 0.25) is 11.8 Å². The molecule has 220 valence electrons. The first-order chi connectivity index (χ1) is 19.6. The fraction of sp³-hybridized carbons (Fsp3) is 0.355. The molecule has 3 aromatic carbocycles. The molecule has 0 radical (unpaired) electrons. The molecule has 10 heteroatoms. The highest BCUT2D eigenvalue weighted by molar-refractivity contribution is 7.92. The molecular weight excluding hydrogens is 545 g/mol. The van der Waals surface area contributed by atoms with Crippen molar-refractivity contribution in [2.45, 2.75) is 57.5 Å². The van der Waals surface area contributed by atoms with Crippen molar-refractivity contribution in [3.8, 4) is 5.75 Å². The summed E-state index contributed by atoms with van der Waals surface area (Å²) in [5.41, 5.74) is 1.09. The number of carbonyl (C=O) groups excluding carboxylic acids is 2. The van der Waals surface area contributed by atoms with Crippen molar-refractivity contribution < 1.29 is 27.1 Å². The smallest absolute Gasteiger partial charge is 0.264 e. The Hall–Kier alpha value is -3.92. The Morgan fingerprint density at radius 1 is 0.927 bits per heavy atom. The third kappa shape index (κ3) is 8.53. The van der Waals surface area contributed by atoms with E-state index < -0.39 is 34.3 Å². The van der Waals surface area contributed by atoms with Gasteiger partial charge in [-0.2, -0.15) is 0 Å². The molecule has 0 aliphatic heterocycles. The Bertz CT molecular complexity index is 1380. The van der Waals surface area contributed by atoms with Gasteiger partial charge in [-0.1, -0.05) is 37.3 Å². The summed E-state index contributed by atoms with van der Waals surface area (Å²) in [5.74, 6) is -0.933. The molecule has 2 amide bonds. The number of hydrogen-bond donors (Lipinski definition) is 1. The lowest BCUT2D eigenvalue weighted by atomic mass is 10.1. The third-order valence-electron chi connectivity index (χ3n) is 6.77. The van der Waals surface area contributed by atoms with E-state index >= 15 is 0 Å². The number of hydrogen-bond acceptors (Lipinski definition) is 5. The molecule has 41 heavy (non-hydrogen) atoms. The quantitative estimate of drug-likeness (QED) is 0.294. The normalized spacial score (nSPS) is 12.7. The van der Waals surface area contributed by atoms with Crippen LogP contribution in [-0.4, -0.2) is 56.9 Å². The minimum absolute atomic E-state index is 0.0588. The average molecular weight is 584 g/mol. The second-order valence-corrected chi connectivity index (χ2v) is 11.6. The van der Waals surface area contributed by atoms with Crippen LogP contribution < -0.4 is 14.4 Å². The Morgan fingerprint density at radius 3 is 2.15 bits per heavy atom. The van der Waals surface area contributed by atoms with E-state index in [1.54, 1.807) is 6.92 Å². The standard InChI is InChI=1S/C31H38FN3O5S/c1-5-23(3)33-31(37)24(4)34(21-20-25-10-8-7-9-11-25)30(36)22-35(27-14-12-26(32)13-15-27)41(38,39)29-18-16-28(17-19-29)40-6-2/h7-19,23-24H,5-6,20-22H2,1-4H3,(H,33,37)/t23-,24+/m0/s1. The SMILES string of the molecule is CCOc1ccc(S(=O)(=O)N(CC(=O)N(CCc2ccccc2)[C@H](C)C(=O)N[C@@H](C)CC)c2ccc(F)cc2)cc1.